The van der Waals surface area contributed by atoms with Crippen molar-refractivity contribution in [1.82, 2.24) is 14.8 Å². The van der Waals surface area contributed by atoms with Crippen LogP contribution >= 0.6 is 0 Å². The Labute approximate surface area is 95.1 Å². The van der Waals surface area contributed by atoms with Crippen molar-refractivity contribution >= 4 is 0 Å². The van der Waals surface area contributed by atoms with Crippen LogP contribution in [0.3, 0.4) is 0 Å². The standard InChI is InChI=1S/C12H16N4/c1-9(2)11-7-15-16(8-11)12-4-3-10(5-13)6-14-12/h3-4,6-9H,5,13H2,1-2H3. The Kier molecular flexibility index (Phi) is 3.01. The van der Waals surface area contributed by atoms with Crippen molar-refractivity contribution in [2.45, 2.75) is 26.3 Å². The molecule has 2 heterocycles. The van der Waals surface area contributed by atoms with E-state index in [0.717, 1.165) is 11.4 Å². The van der Waals surface area contributed by atoms with Gasteiger partial charge in [-0.25, -0.2) is 9.67 Å². The van der Waals surface area contributed by atoms with Gasteiger partial charge in [0.25, 0.3) is 0 Å². The Hall–Kier alpha value is -1.68. The Morgan fingerprint density at radius 2 is 2.12 bits per heavy atom. The molecule has 4 heteroatoms. The van der Waals surface area contributed by atoms with Crippen LogP contribution in [0.4, 0.5) is 0 Å². The minimum atomic E-state index is 0.483. The normalized spacial score (nSPS) is 11.0. The van der Waals surface area contributed by atoms with Crippen LogP contribution in [0.15, 0.2) is 30.7 Å². The van der Waals surface area contributed by atoms with Gasteiger partial charge in [0.2, 0.25) is 0 Å². The third-order valence-electron chi connectivity index (χ3n) is 2.55. The topological polar surface area (TPSA) is 56.7 Å². The molecule has 0 aliphatic rings. The average molecular weight is 216 g/mol. The van der Waals surface area contributed by atoms with E-state index < -0.39 is 0 Å². The fourth-order valence-electron chi connectivity index (χ4n) is 1.43. The quantitative estimate of drug-likeness (QED) is 0.851. The van der Waals surface area contributed by atoms with Crippen LogP contribution in [0.5, 0.6) is 0 Å². The summed E-state index contributed by atoms with van der Waals surface area (Å²) in [6.45, 7) is 4.81. The number of rotatable bonds is 3. The molecule has 0 saturated carbocycles. The van der Waals surface area contributed by atoms with Crippen molar-refractivity contribution < 1.29 is 0 Å². The molecule has 0 radical (unpaired) electrons. The maximum atomic E-state index is 5.52. The predicted molar refractivity (Wildman–Crippen MR) is 63.3 cm³/mol. The first-order valence-electron chi connectivity index (χ1n) is 5.40. The van der Waals surface area contributed by atoms with Crippen LogP contribution in [-0.2, 0) is 6.54 Å². The monoisotopic (exact) mass is 216 g/mol. The lowest BCUT2D eigenvalue weighted by Crippen LogP contribution is -2.01. The summed E-state index contributed by atoms with van der Waals surface area (Å²) >= 11 is 0. The van der Waals surface area contributed by atoms with Gasteiger partial charge in [-0.1, -0.05) is 19.9 Å². The molecule has 0 unspecified atom stereocenters. The molecule has 2 aromatic heterocycles. The molecule has 2 N–H and O–H groups in total. The molecule has 0 fully saturated rings. The third kappa shape index (κ3) is 2.12. The average Bonchev–Trinajstić information content (AvgIpc) is 2.78. The molecule has 0 aliphatic heterocycles. The summed E-state index contributed by atoms with van der Waals surface area (Å²) in [6, 6.07) is 3.90. The Morgan fingerprint density at radius 3 is 2.62 bits per heavy atom. The first-order valence-corrected chi connectivity index (χ1v) is 5.40. The van der Waals surface area contributed by atoms with E-state index >= 15 is 0 Å². The molecule has 84 valence electrons. The van der Waals surface area contributed by atoms with Crippen LogP contribution in [0, 0.1) is 0 Å². The molecule has 0 amide bonds. The summed E-state index contributed by atoms with van der Waals surface area (Å²) in [7, 11) is 0. The number of nitrogens with zero attached hydrogens (tertiary/aromatic N) is 3. The Morgan fingerprint density at radius 1 is 1.31 bits per heavy atom. The summed E-state index contributed by atoms with van der Waals surface area (Å²) in [4.78, 5) is 4.31. The molecule has 2 aromatic rings. The molecule has 0 aliphatic carbocycles. The summed E-state index contributed by atoms with van der Waals surface area (Å²) in [5.74, 6) is 1.31. The highest BCUT2D eigenvalue weighted by molar-refractivity contribution is 5.26. The summed E-state index contributed by atoms with van der Waals surface area (Å²) in [5, 5.41) is 4.29. The van der Waals surface area contributed by atoms with Crippen molar-refractivity contribution in [1.29, 1.82) is 0 Å². The minimum absolute atomic E-state index is 0.483. The lowest BCUT2D eigenvalue weighted by atomic mass is 10.1. The van der Waals surface area contributed by atoms with Crippen molar-refractivity contribution in [3.63, 3.8) is 0 Å². The second-order valence-corrected chi connectivity index (χ2v) is 4.10. The van der Waals surface area contributed by atoms with Gasteiger partial charge in [0.05, 0.1) is 6.20 Å². The van der Waals surface area contributed by atoms with Crippen molar-refractivity contribution in [2.24, 2.45) is 5.73 Å². The highest BCUT2D eigenvalue weighted by Crippen LogP contribution is 2.14. The molecule has 0 saturated heterocycles. The van der Waals surface area contributed by atoms with Gasteiger partial charge in [-0.3, -0.25) is 0 Å². The van der Waals surface area contributed by atoms with Crippen molar-refractivity contribution in [2.75, 3.05) is 0 Å². The molecular formula is C12H16N4. The third-order valence-corrected chi connectivity index (χ3v) is 2.55. The molecule has 0 aromatic carbocycles. The van der Waals surface area contributed by atoms with Crippen LogP contribution in [0.25, 0.3) is 5.82 Å². The van der Waals surface area contributed by atoms with E-state index in [9.17, 15) is 0 Å². The lowest BCUT2D eigenvalue weighted by molar-refractivity contribution is 0.835. The highest BCUT2D eigenvalue weighted by Gasteiger charge is 2.04. The number of nitrogens with two attached hydrogens (primary N) is 1. The lowest BCUT2D eigenvalue weighted by Gasteiger charge is -2.01. The number of aromatic nitrogens is 3. The summed E-state index contributed by atoms with van der Waals surface area (Å²) < 4.78 is 1.79. The molecule has 0 atom stereocenters. The van der Waals surface area contributed by atoms with Gasteiger partial charge < -0.3 is 5.73 Å². The summed E-state index contributed by atoms with van der Waals surface area (Å²) in [6.07, 6.45) is 5.67. The zero-order valence-corrected chi connectivity index (χ0v) is 9.59. The van der Waals surface area contributed by atoms with E-state index in [-0.39, 0.29) is 0 Å². The Balaban J connectivity index is 2.28. The van der Waals surface area contributed by atoms with E-state index in [2.05, 4.69) is 23.9 Å². The van der Waals surface area contributed by atoms with Gasteiger partial charge in [0, 0.05) is 18.9 Å². The molecular weight excluding hydrogens is 200 g/mol. The fourth-order valence-corrected chi connectivity index (χ4v) is 1.43. The molecule has 0 bridgehead atoms. The van der Waals surface area contributed by atoms with Crippen molar-refractivity contribution in [3.8, 4) is 5.82 Å². The van der Waals surface area contributed by atoms with Gasteiger partial charge in [-0.05, 0) is 23.1 Å². The highest BCUT2D eigenvalue weighted by atomic mass is 15.3. The van der Waals surface area contributed by atoms with E-state index in [1.54, 1.807) is 10.9 Å². The van der Waals surface area contributed by atoms with Crippen molar-refractivity contribution in [3.05, 3.63) is 41.9 Å². The molecule has 0 spiro atoms. The number of hydrogen-bond acceptors (Lipinski definition) is 3. The molecule has 16 heavy (non-hydrogen) atoms. The zero-order chi connectivity index (χ0) is 11.5. The largest absolute Gasteiger partial charge is 0.326 e. The first kappa shape index (κ1) is 10.8. The SMILES string of the molecule is CC(C)c1cnn(-c2ccc(CN)cn2)c1. The second-order valence-electron chi connectivity index (χ2n) is 4.10. The fraction of sp³-hybridized carbons (Fsp3) is 0.333. The molecule has 2 rings (SSSR count). The second kappa shape index (κ2) is 4.45. The first-order chi connectivity index (χ1) is 7.70. The van der Waals surface area contributed by atoms with Crippen LogP contribution in [-0.4, -0.2) is 14.8 Å². The minimum Gasteiger partial charge on any atom is -0.326 e. The van der Waals surface area contributed by atoms with E-state index in [0.29, 0.717) is 12.5 Å². The Bertz CT molecular complexity index is 456. The number of hydrogen-bond donors (Lipinski definition) is 1. The smallest absolute Gasteiger partial charge is 0.153 e. The van der Waals surface area contributed by atoms with Crippen LogP contribution in [0.1, 0.15) is 30.9 Å². The number of pyridine rings is 1. The maximum Gasteiger partial charge on any atom is 0.153 e. The van der Waals surface area contributed by atoms with Gasteiger partial charge in [-0.15, -0.1) is 0 Å². The predicted octanol–water partition coefficient (Wildman–Crippen LogP) is 1.85. The van der Waals surface area contributed by atoms with Crippen LogP contribution in [0.2, 0.25) is 0 Å². The molecule has 4 nitrogen and oxygen atoms in total. The maximum absolute atomic E-state index is 5.52. The van der Waals surface area contributed by atoms with Gasteiger partial charge in [0.15, 0.2) is 5.82 Å². The van der Waals surface area contributed by atoms with Crippen LogP contribution < -0.4 is 5.73 Å². The van der Waals surface area contributed by atoms with Gasteiger partial charge in [0.1, 0.15) is 0 Å². The van der Waals surface area contributed by atoms with E-state index in [1.165, 1.54) is 5.56 Å². The van der Waals surface area contributed by atoms with Gasteiger partial charge >= 0.3 is 0 Å². The summed E-state index contributed by atoms with van der Waals surface area (Å²) in [5.41, 5.74) is 7.76. The van der Waals surface area contributed by atoms with Gasteiger partial charge in [-0.2, -0.15) is 5.10 Å². The zero-order valence-electron chi connectivity index (χ0n) is 9.59. The van der Waals surface area contributed by atoms with E-state index in [1.807, 2.05) is 24.5 Å². The van der Waals surface area contributed by atoms with E-state index in [4.69, 9.17) is 5.73 Å².